The van der Waals surface area contributed by atoms with E-state index in [9.17, 15) is 4.79 Å². The number of nitrogens with one attached hydrogen (secondary N) is 2. The summed E-state index contributed by atoms with van der Waals surface area (Å²) in [5.74, 6) is 1.77. The third kappa shape index (κ3) is 4.34. The molecule has 28 heavy (non-hydrogen) atoms. The lowest BCUT2D eigenvalue weighted by atomic mass is 9.80. The van der Waals surface area contributed by atoms with E-state index in [0.29, 0.717) is 22.5 Å². The van der Waals surface area contributed by atoms with Crippen molar-refractivity contribution in [1.82, 2.24) is 15.3 Å². The summed E-state index contributed by atoms with van der Waals surface area (Å²) < 4.78 is 0. The van der Waals surface area contributed by atoms with Crippen LogP contribution in [0.5, 0.6) is 0 Å². The second-order valence-electron chi connectivity index (χ2n) is 7.54. The number of fused-ring (bicyclic) bond motifs is 1. The normalized spacial score (nSPS) is 19.6. The van der Waals surface area contributed by atoms with Gasteiger partial charge in [0, 0.05) is 34.5 Å². The fourth-order valence-corrected chi connectivity index (χ4v) is 4.56. The number of hydrogen-bond donors (Lipinski definition) is 2. The Labute approximate surface area is 174 Å². The number of para-hydroxylation sites is 2. The first kappa shape index (κ1) is 19.3. The van der Waals surface area contributed by atoms with Crippen molar-refractivity contribution in [1.29, 1.82) is 0 Å². The standard InChI is InChI=1S/C22H23Cl2N3O/c23-17-4-3-5-18(24)16(17)13-25-22(28)15-10-8-14(9-11-15)12-21-26-19-6-1-2-7-20(19)27-21/h1-7,14-15H,8-13H2,(H,25,28)(H,26,27). The van der Waals surface area contributed by atoms with E-state index in [0.717, 1.165) is 54.5 Å². The van der Waals surface area contributed by atoms with E-state index < -0.39 is 0 Å². The van der Waals surface area contributed by atoms with Gasteiger partial charge in [0.25, 0.3) is 0 Å². The second kappa shape index (κ2) is 8.54. The third-order valence-corrected chi connectivity index (χ3v) is 6.35. The molecule has 2 aromatic carbocycles. The molecule has 0 spiro atoms. The molecule has 1 fully saturated rings. The molecule has 1 saturated carbocycles. The monoisotopic (exact) mass is 415 g/mol. The molecular weight excluding hydrogens is 393 g/mol. The van der Waals surface area contributed by atoms with Crippen LogP contribution in [0.2, 0.25) is 10.0 Å². The molecule has 3 aromatic rings. The van der Waals surface area contributed by atoms with Gasteiger partial charge in [-0.15, -0.1) is 0 Å². The fraction of sp³-hybridized carbons (Fsp3) is 0.364. The number of nitrogens with zero attached hydrogens (tertiary/aromatic N) is 1. The molecule has 1 aliphatic carbocycles. The van der Waals surface area contributed by atoms with Gasteiger partial charge in [-0.2, -0.15) is 0 Å². The van der Waals surface area contributed by atoms with Crippen molar-refractivity contribution in [2.45, 2.75) is 38.6 Å². The summed E-state index contributed by atoms with van der Waals surface area (Å²) in [5.41, 5.74) is 2.88. The summed E-state index contributed by atoms with van der Waals surface area (Å²) in [4.78, 5) is 20.7. The average molecular weight is 416 g/mol. The minimum absolute atomic E-state index is 0.0631. The van der Waals surface area contributed by atoms with Gasteiger partial charge in [0.15, 0.2) is 0 Å². The zero-order valence-electron chi connectivity index (χ0n) is 15.6. The highest BCUT2D eigenvalue weighted by Crippen LogP contribution is 2.31. The Hall–Kier alpha value is -2.04. The van der Waals surface area contributed by atoms with Crippen LogP contribution in [0.25, 0.3) is 11.0 Å². The van der Waals surface area contributed by atoms with Gasteiger partial charge < -0.3 is 10.3 Å². The molecule has 1 amide bonds. The van der Waals surface area contributed by atoms with E-state index in [1.807, 2.05) is 18.2 Å². The van der Waals surface area contributed by atoms with Crippen LogP contribution in [-0.4, -0.2) is 15.9 Å². The largest absolute Gasteiger partial charge is 0.352 e. The highest BCUT2D eigenvalue weighted by molar-refractivity contribution is 6.36. The predicted octanol–water partition coefficient (Wildman–Crippen LogP) is 5.54. The van der Waals surface area contributed by atoms with Gasteiger partial charge in [0.2, 0.25) is 5.91 Å². The molecule has 0 unspecified atom stereocenters. The number of carbonyl (C=O) groups is 1. The molecule has 1 aromatic heterocycles. The quantitative estimate of drug-likeness (QED) is 0.574. The van der Waals surface area contributed by atoms with Crippen LogP contribution in [0.15, 0.2) is 42.5 Å². The van der Waals surface area contributed by atoms with E-state index >= 15 is 0 Å². The highest BCUT2D eigenvalue weighted by atomic mass is 35.5. The van der Waals surface area contributed by atoms with Gasteiger partial charge in [-0.3, -0.25) is 4.79 Å². The fourth-order valence-electron chi connectivity index (χ4n) is 4.03. The lowest BCUT2D eigenvalue weighted by Crippen LogP contribution is -2.33. The Morgan fingerprint density at radius 2 is 1.75 bits per heavy atom. The van der Waals surface area contributed by atoms with Crippen molar-refractivity contribution in [3.63, 3.8) is 0 Å². The van der Waals surface area contributed by atoms with Crippen molar-refractivity contribution in [2.75, 3.05) is 0 Å². The summed E-state index contributed by atoms with van der Waals surface area (Å²) in [7, 11) is 0. The molecule has 1 heterocycles. The Kier molecular flexibility index (Phi) is 5.88. The zero-order valence-corrected chi connectivity index (χ0v) is 17.1. The summed E-state index contributed by atoms with van der Waals surface area (Å²) in [5, 5.41) is 4.18. The number of aromatic nitrogens is 2. The zero-order chi connectivity index (χ0) is 19.5. The van der Waals surface area contributed by atoms with Crippen LogP contribution in [0.3, 0.4) is 0 Å². The van der Waals surface area contributed by atoms with E-state index in [1.165, 1.54) is 0 Å². The first-order chi connectivity index (χ1) is 13.6. The number of imidazole rings is 1. The number of amides is 1. The van der Waals surface area contributed by atoms with Crippen molar-refractivity contribution < 1.29 is 4.79 Å². The average Bonchev–Trinajstić information content (AvgIpc) is 3.10. The topological polar surface area (TPSA) is 57.8 Å². The van der Waals surface area contributed by atoms with Gasteiger partial charge in [0.1, 0.15) is 5.82 Å². The Bertz CT molecular complexity index is 924. The molecular formula is C22H23Cl2N3O. The molecule has 1 aliphatic rings. The van der Waals surface area contributed by atoms with Gasteiger partial charge in [-0.25, -0.2) is 4.98 Å². The van der Waals surface area contributed by atoms with E-state index in [4.69, 9.17) is 23.2 Å². The maximum absolute atomic E-state index is 12.6. The van der Waals surface area contributed by atoms with Crippen LogP contribution in [0.1, 0.15) is 37.1 Å². The van der Waals surface area contributed by atoms with E-state index in [-0.39, 0.29) is 11.8 Å². The highest BCUT2D eigenvalue weighted by Gasteiger charge is 2.27. The lowest BCUT2D eigenvalue weighted by Gasteiger charge is -2.27. The number of carbonyl (C=O) groups excluding carboxylic acids is 1. The molecule has 0 radical (unpaired) electrons. The molecule has 0 atom stereocenters. The Morgan fingerprint density at radius 1 is 1.04 bits per heavy atom. The number of aromatic amines is 1. The van der Waals surface area contributed by atoms with E-state index in [2.05, 4.69) is 21.4 Å². The SMILES string of the molecule is O=C(NCc1c(Cl)cccc1Cl)C1CCC(Cc2nc3ccccc3[nH]2)CC1. The summed E-state index contributed by atoms with van der Waals surface area (Å²) >= 11 is 12.4. The molecule has 6 heteroatoms. The maximum atomic E-state index is 12.6. The van der Waals surface area contributed by atoms with Crippen LogP contribution >= 0.6 is 23.2 Å². The van der Waals surface area contributed by atoms with Gasteiger partial charge >= 0.3 is 0 Å². The number of benzene rings is 2. The smallest absolute Gasteiger partial charge is 0.223 e. The lowest BCUT2D eigenvalue weighted by molar-refractivity contribution is -0.126. The minimum atomic E-state index is 0.0631. The Balaban J connectivity index is 1.28. The van der Waals surface area contributed by atoms with Crippen molar-refractivity contribution in [2.24, 2.45) is 11.8 Å². The molecule has 4 nitrogen and oxygen atoms in total. The van der Waals surface area contributed by atoms with Crippen LogP contribution in [-0.2, 0) is 17.8 Å². The van der Waals surface area contributed by atoms with E-state index in [1.54, 1.807) is 18.2 Å². The molecule has 0 aliphatic heterocycles. The van der Waals surface area contributed by atoms with Crippen molar-refractivity contribution in [3.05, 3.63) is 63.9 Å². The summed E-state index contributed by atoms with van der Waals surface area (Å²) in [6, 6.07) is 13.5. The van der Waals surface area contributed by atoms with Gasteiger partial charge in [-0.1, -0.05) is 41.4 Å². The maximum Gasteiger partial charge on any atom is 0.223 e. The molecule has 146 valence electrons. The number of H-pyrrole nitrogens is 1. The van der Waals surface area contributed by atoms with Crippen LogP contribution < -0.4 is 5.32 Å². The van der Waals surface area contributed by atoms with Crippen LogP contribution in [0, 0.1) is 11.8 Å². The van der Waals surface area contributed by atoms with Gasteiger partial charge in [-0.05, 0) is 55.9 Å². The summed E-state index contributed by atoms with van der Waals surface area (Å²) in [6.45, 7) is 0.371. The molecule has 0 bridgehead atoms. The first-order valence-corrected chi connectivity index (χ1v) is 10.5. The second-order valence-corrected chi connectivity index (χ2v) is 8.35. The first-order valence-electron chi connectivity index (χ1n) is 9.74. The van der Waals surface area contributed by atoms with Crippen molar-refractivity contribution in [3.8, 4) is 0 Å². The van der Waals surface area contributed by atoms with Crippen LogP contribution in [0.4, 0.5) is 0 Å². The number of rotatable bonds is 5. The van der Waals surface area contributed by atoms with Crippen molar-refractivity contribution >= 4 is 40.1 Å². The van der Waals surface area contributed by atoms with Gasteiger partial charge in [0.05, 0.1) is 11.0 Å². The molecule has 2 N–H and O–H groups in total. The predicted molar refractivity (Wildman–Crippen MR) is 114 cm³/mol. The molecule has 0 saturated heterocycles. The Morgan fingerprint density at radius 3 is 2.46 bits per heavy atom. The minimum Gasteiger partial charge on any atom is -0.352 e. The molecule has 4 rings (SSSR count). The number of hydrogen-bond acceptors (Lipinski definition) is 2. The number of halogens is 2. The third-order valence-electron chi connectivity index (χ3n) is 5.64. The summed E-state index contributed by atoms with van der Waals surface area (Å²) in [6.07, 6.45) is 4.85.